The lowest BCUT2D eigenvalue weighted by Crippen LogP contribution is -2.70. The molecule has 1 amide bonds. The van der Waals surface area contributed by atoms with Crippen LogP contribution in [0.3, 0.4) is 0 Å². The number of ether oxygens (including phenoxy) is 5. The van der Waals surface area contributed by atoms with E-state index < -0.39 is 28.8 Å². The third-order valence-corrected chi connectivity index (χ3v) is 11.0. The van der Waals surface area contributed by atoms with E-state index in [0.29, 0.717) is 42.2 Å². The van der Waals surface area contributed by atoms with Crippen LogP contribution in [0.5, 0.6) is 17.2 Å². The number of nitro benzene ring substituents is 1. The number of nitro groups is 1. The van der Waals surface area contributed by atoms with Gasteiger partial charge in [-0.15, -0.1) is 13.2 Å². The summed E-state index contributed by atoms with van der Waals surface area (Å²) in [5.74, 6) is -1.21. The highest BCUT2D eigenvalue weighted by molar-refractivity contribution is 6.03. The molecular weight excluding hydrogens is 750 g/mol. The molecule has 1 saturated carbocycles. The van der Waals surface area contributed by atoms with Crippen LogP contribution in [-0.2, 0) is 19.0 Å². The summed E-state index contributed by atoms with van der Waals surface area (Å²) in [6.07, 6.45) is 9.75. The minimum Gasteiger partial charge on any atom is -0.459 e. The van der Waals surface area contributed by atoms with Crippen LogP contribution in [0.15, 0.2) is 84.6 Å². The first-order valence-electron chi connectivity index (χ1n) is 20.0. The van der Waals surface area contributed by atoms with Crippen molar-refractivity contribution in [3.05, 3.63) is 95.1 Å². The Balaban J connectivity index is 1.74. The fraction of sp³-hybridized carbons (Fsp3) is 0.535. The quantitative estimate of drug-likeness (QED) is 0.0442. The van der Waals surface area contributed by atoms with Gasteiger partial charge in [-0.05, 0) is 73.8 Å². The average Bonchev–Trinajstić information content (AvgIpc) is 3.22. The van der Waals surface area contributed by atoms with E-state index in [2.05, 4.69) is 24.4 Å². The van der Waals surface area contributed by atoms with Gasteiger partial charge in [-0.2, -0.15) is 0 Å². The van der Waals surface area contributed by atoms with Crippen LogP contribution >= 0.6 is 0 Å². The summed E-state index contributed by atoms with van der Waals surface area (Å²) >= 11 is 0. The number of amides is 1. The summed E-state index contributed by atoms with van der Waals surface area (Å²) in [6, 6.07) is 10.6. The van der Waals surface area contributed by atoms with E-state index in [1.165, 1.54) is 19.2 Å². The number of unbranched alkanes of at least 4 members (excludes halogenated alkanes) is 2. The first-order valence-corrected chi connectivity index (χ1v) is 20.0. The standard InChI is InChI=1S/C43H57N3O12/c1-4-6-23-55-42(50)45(18-24-54-25-21-49)39-29-37(44-53-3)35-26-30(12-7-9-19-47)34(15-8-10-20-48)40-36-28-33(57-32-14-11-13-31(27-32)46(51)52)16-17-38(36)58-43(39,41(35)40)56-22-5-2/h4-5,11,13-14,16-17,26-28,30,34,39-41,47-49H,1-2,6-10,12,15,18-25,29H2,3H3/t30-,34+,39-,40+,41+,43+/m0/s1. The van der Waals surface area contributed by atoms with Crippen LogP contribution < -0.4 is 9.47 Å². The fourth-order valence-corrected chi connectivity index (χ4v) is 8.64. The van der Waals surface area contributed by atoms with Gasteiger partial charge in [0, 0.05) is 43.7 Å². The molecule has 15 nitrogen and oxygen atoms in total. The molecule has 0 bridgehead atoms. The number of rotatable bonds is 24. The number of aliphatic hydroxyl groups excluding tert-OH is 3. The van der Waals surface area contributed by atoms with Crippen molar-refractivity contribution < 1.29 is 53.6 Å². The summed E-state index contributed by atoms with van der Waals surface area (Å²) in [4.78, 5) is 32.3. The number of fused-ring (bicyclic) bond motifs is 2. The summed E-state index contributed by atoms with van der Waals surface area (Å²) < 4.78 is 31.8. The van der Waals surface area contributed by atoms with E-state index in [0.717, 1.165) is 36.8 Å². The van der Waals surface area contributed by atoms with Crippen molar-refractivity contribution in [3.8, 4) is 17.2 Å². The predicted molar refractivity (Wildman–Crippen MR) is 216 cm³/mol. The molecule has 3 aliphatic rings. The second kappa shape index (κ2) is 21.8. The second-order valence-corrected chi connectivity index (χ2v) is 14.5. The second-order valence-electron chi connectivity index (χ2n) is 14.5. The topological polar surface area (TPSA) is 192 Å². The van der Waals surface area contributed by atoms with Crippen LogP contribution in [0.1, 0.15) is 62.8 Å². The van der Waals surface area contributed by atoms with Crippen LogP contribution in [0.4, 0.5) is 10.5 Å². The zero-order valence-corrected chi connectivity index (χ0v) is 33.2. The number of non-ortho nitro benzene ring substituents is 1. The number of benzene rings is 2. The van der Waals surface area contributed by atoms with E-state index in [-0.39, 0.29) is 82.7 Å². The van der Waals surface area contributed by atoms with Gasteiger partial charge in [-0.3, -0.25) is 15.0 Å². The van der Waals surface area contributed by atoms with E-state index in [1.54, 1.807) is 41.3 Å². The van der Waals surface area contributed by atoms with E-state index >= 15 is 0 Å². The lowest BCUT2D eigenvalue weighted by Gasteiger charge is -2.59. The van der Waals surface area contributed by atoms with Gasteiger partial charge in [-0.25, -0.2) is 4.79 Å². The molecule has 3 N–H and O–H groups in total. The van der Waals surface area contributed by atoms with E-state index in [4.69, 9.17) is 28.5 Å². The van der Waals surface area contributed by atoms with Gasteiger partial charge >= 0.3 is 6.09 Å². The molecule has 0 radical (unpaired) electrons. The zero-order chi connectivity index (χ0) is 41.5. The number of carbonyl (C=O) groups excluding carboxylic acids is 1. The zero-order valence-electron chi connectivity index (χ0n) is 33.2. The van der Waals surface area contributed by atoms with Crippen LogP contribution in [0.25, 0.3) is 0 Å². The first kappa shape index (κ1) is 44.3. The third kappa shape index (κ3) is 10.2. The lowest BCUT2D eigenvalue weighted by molar-refractivity contribution is -0.384. The molecule has 0 aromatic heterocycles. The predicted octanol–water partition coefficient (Wildman–Crippen LogP) is 6.67. The van der Waals surface area contributed by atoms with Crippen molar-refractivity contribution in [2.75, 3.05) is 59.9 Å². The van der Waals surface area contributed by atoms with E-state index in [1.807, 2.05) is 6.07 Å². The molecule has 1 aliphatic heterocycles. The van der Waals surface area contributed by atoms with Gasteiger partial charge in [0.15, 0.2) is 0 Å². The Labute approximate surface area is 339 Å². The molecule has 15 heteroatoms. The average molecular weight is 808 g/mol. The maximum Gasteiger partial charge on any atom is 0.410 e. The smallest absolute Gasteiger partial charge is 0.410 e. The lowest BCUT2D eigenvalue weighted by atomic mass is 9.55. The summed E-state index contributed by atoms with van der Waals surface area (Å²) in [7, 11) is 1.48. The molecule has 0 saturated heterocycles. The first-order chi connectivity index (χ1) is 28.3. The Kier molecular flexibility index (Phi) is 16.7. The van der Waals surface area contributed by atoms with Crippen molar-refractivity contribution in [1.29, 1.82) is 0 Å². The highest BCUT2D eigenvalue weighted by Crippen LogP contribution is 2.62. The maximum absolute atomic E-state index is 14.2. The molecule has 316 valence electrons. The summed E-state index contributed by atoms with van der Waals surface area (Å²) in [5.41, 5.74) is 2.18. The van der Waals surface area contributed by atoms with Gasteiger partial charge in [0.2, 0.25) is 5.79 Å². The van der Waals surface area contributed by atoms with Crippen molar-refractivity contribution in [3.63, 3.8) is 0 Å². The fourth-order valence-electron chi connectivity index (χ4n) is 8.64. The largest absolute Gasteiger partial charge is 0.459 e. The Morgan fingerprint density at radius 1 is 1.02 bits per heavy atom. The highest BCUT2D eigenvalue weighted by atomic mass is 16.7. The maximum atomic E-state index is 14.2. The molecule has 5 rings (SSSR count). The van der Waals surface area contributed by atoms with Gasteiger partial charge in [0.05, 0.1) is 55.7 Å². The van der Waals surface area contributed by atoms with Crippen molar-refractivity contribution in [1.82, 2.24) is 4.90 Å². The molecule has 2 aromatic carbocycles. The Morgan fingerprint density at radius 2 is 1.79 bits per heavy atom. The SMILES string of the molecule is C=CCCOC(=O)N(CCOCCO)[C@H]1CC(=NOC)C2=C[C@H](CCCCO)[C@@H](CCCCO)[C@@H]3c4cc(Oc5cccc([N+](=O)[O-])c5)ccc4O[C@@]1(OCC=C)[C@H]23. The monoisotopic (exact) mass is 807 g/mol. The molecule has 0 unspecified atom stereocenters. The highest BCUT2D eigenvalue weighted by Gasteiger charge is 2.65. The number of aliphatic hydroxyl groups is 3. The van der Waals surface area contributed by atoms with Crippen molar-refractivity contribution in [2.24, 2.45) is 22.9 Å². The molecule has 2 aromatic rings. The minimum atomic E-state index is -1.52. The number of hydrogen-bond donors (Lipinski definition) is 3. The van der Waals surface area contributed by atoms with Crippen LogP contribution in [0.2, 0.25) is 0 Å². The molecule has 2 aliphatic carbocycles. The third-order valence-electron chi connectivity index (χ3n) is 11.0. The van der Waals surface area contributed by atoms with Crippen molar-refractivity contribution in [2.45, 2.75) is 69.1 Å². The van der Waals surface area contributed by atoms with Gasteiger partial charge in [0.1, 0.15) is 30.4 Å². The molecule has 1 heterocycles. The number of nitrogens with zero attached hydrogens (tertiary/aromatic N) is 3. The van der Waals surface area contributed by atoms with Crippen molar-refractivity contribution >= 4 is 17.5 Å². The summed E-state index contributed by atoms with van der Waals surface area (Å²) in [6.45, 7) is 8.03. The molecule has 0 spiro atoms. The molecule has 6 atom stereocenters. The van der Waals surface area contributed by atoms with Gasteiger partial charge < -0.3 is 43.8 Å². The number of allylic oxidation sites excluding steroid dienone is 1. The van der Waals surface area contributed by atoms with Gasteiger partial charge in [-0.1, -0.05) is 42.3 Å². The molecular formula is C43H57N3O12. The number of oxime groups is 1. The molecule has 58 heavy (non-hydrogen) atoms. The Morgan fingerprint density at radius 3 is 2.50 bits per heavy atom. The van der Waals surface area contributed by atoms with Gasteiger partial charge in [0.25, 0.3) is 5.69 Å². The van der Waals surface area contributed by atoms with Crippen LogP contribution in [-0.4, -0.2) is 109 Å². The Bertz CT molecular complexity index is 1770. The summed E-state index contributed by atoms with van der Waals surface area (Å²) in [5, 5.41) is 45.3. The van der Waals surface area contributed by atoms with Crippen LogP contribution in [0, 0.1) is 27.9 Å². The normalized spacial score (nSPS) is 23.8. The van der Waals surface area contributed by atoms with E-state index in [9.17, 15) is 30.2 Å². The Hall–Kier alpha value is -4.80. The number of carbonyl (C=O) groups is 1. The minimum absolute atomic E-state index is 0.0105. The number of hydrogen-bond acceptors (Lipinski definition) is 13. The molecule has 1 fully saturated rings.